The molecule has 7 heteroatoms. The molecule has 1 aromatic heterocycles. The van der Waals surface area contributed by atoms with Crippen molar-refractivity contribution in [2.75, 3.05) is 11.9 Å². The Labute approximate surface area is 145 Å². The van der Waals surface area contributed by atoms with Crippen LogP contribution in [0.5, 0.6) is 0 Å². The highest BCUT2D eigenvalue weighted by atomic mass is 16.5. The maximum Gasteiger partial charge on any atom is 0.252 e. The highest BCUT2D eigenvalue weighted by Crippen LogP contribution is 2.37. The number of aromatic nitrogens is 2. The second-order valence-corrected chi connectivity index (χ2v) is 6.15. The number of benzene rings is 1. The molecule has 130 valence electrons. The number of hydrogen-bond acceptors (Lipinski definition) is 5. The Bertz CT molecular complexity index is 762. The second-order valence-electron chi connectivity index (χ2n) is 6.15. The summed E-state index contributed by atoms with van der Waals surface area (Å²) in [4.78, 5) is 29.9. The fraction of sp³-hybridized carbons (Fsp3) is 0.333. The van der Waals surface area contributed by atoms with Gasteiger partial charge in [-0.05, 0) is 43.2 Å². The molecule has 1 fully saturated rings. The van der Waals surface area contributed by atoms with Gasteiger partial charge in [0, 0.05) is 18.3 Å². The second kappa shape index (κ2) is 6.88. The molecule has 2 aromatic rings. The first-order valence-electron chi connectivity index (χ1n) is 8.15. The van der Waals surface area contributed by atoms with Crippen LogP contribution in [-0.4, -0.2) is 29.0 Å². The summed E-state index contributed by atoms with van der Waals surface area (Å²) < 4.78 is 4.86. The molecule has 0 radical (unpaired) electrons. The Morgan fingerprint density at radius 1 is 1.28 bits per heavy atom. The molecular formula is C18H20N4O3. The maximum absolute atomic E-state index is 12.7. The highest BCUT2D eigenvalue weighted by molar-refractivity contribution is 6.01. The fourth-order valence-electron chi connectivity index (χ4n) is 3.15. The van der Waals surface area contributed by atoms with E-state index in [2.05, 4.69) is 22.0 Å². The van der Waals surface area contributed by atoms with Gasteiger partial charge in [0.25, 0.3) is 5.91 Å². The SMILES string of the molecule is C=CC(=O)N(C)c1ccc(C(=O)NC2(c3ncon3)CCCC2)cc1. The number of rotatable bonds is 5. The first-order chi connectivity index (χ1) is 12.1. The molecule has 0 atom stereocenters. The number of nitrogens with one attached hydrogen (secondary N) is 1. The third-order valence-electron chi connectivity index (χ3n) is 4.62. The van der Waals surface area contributed by atoms with E-state index in [0.717, 1.165) is 25.7 Å². The molecule has 0 saturated heterocycles. The number of carbonyl (C=O) groups is 2. The van der Waals surface area contributed by atoms with Gasteiger partial charge in [-0.25, -0.2) is 0 Å². The summed E-state index contributed by atoms with van der Waals surface area (Å²) in [7, 11) is 1.66. The van der Waals surface area contributed by atoms with E-state index in [4.69, 9.17) is 4.52 Å². The number of amides is 2. The summed E-state index contributed by atoms with van der Waals surface area (Å²) in [6, 6.07) is 6.84. The van der Waals surface area contributed by atoms with Crippen molar-refractivity contribution >= 4 is 17.5 Å². The molecule has 0 unspecified atom stereocenters. The quantitative estimate of drug-likeness (QED) is 0.845. The lowest BCUT2D eigenvalue weighted by Gasteiger charge is -2.26. The van der Waals surface area contributed by atoms with Crippen LogP contribution < -0.4 is 10.2 Å². The van der Waals surface area contributed by atoms with Crippen LogP contribution in [0.25, 0.3) is 0 Å². The molecule has 7 nitrogen and oxygen atoms in total. The zero-order valence-corrected chi connectivity index (χ0v) is 14.1. The summed E-state index contributed by atoms with van der Waals surface area (Å²) in [5.41, 5.74) is 0.631. The number of carbonyl (C=O) groups excluding carboxylic acids is 2. The van der Waals surface area contributed by atoms with Crippen molar-refractivity contribution in [3.05, 3.63) is 54.7 Å². The van der Waals surface area contributed by atoms with Gasteiger partial charge < -0.3 is 14.7 Å². The van der Waals surface area contributed by atoms with E-state index >= 15 is 0 Å². The first kappa shape index (κ1) is 16.9. The maximum atomic E-state index is 12.7. The van der Waals surface area contributed by atoms with E-state index in [1.165, 1.54) is 17.4 Å². The standard InChI is InChI=1S/C18H20N4O3/c1-3-15(23)22(2)14-8-6-13(7-9-14)16(24)20-18(10-4-5-11-18)17-19-12-25-21-17/h3,6-9,12H,1,4-5,10-11H2,2H3,(H,20,24). The normalized spacial score (nSPS) is 15.6. The molecule has 25 heavy (non-hydrogen) atoms. The number of hydrogen-bond donors (Lipinski definition) is 1. The van der Waals surface area contributed by atoms with Gasteiger partial charge in [-0.3, -0.25) is 9.59 Å². The molecule has 0 spiro atoms. The van der Waals surface area contributed by atoms with Crippen molar-refractivity contribution < 1.29 is 14.1 Å². The van der Waals surface area contributed by atoms with Crippen LogP contribution in [0.2, 0.25) is 0 Å². The average Bonchev–Trinajstić information content (AvgIpc) is 3.33. The summed E-state index contributed by atoms with van der Waals surface area (Å²) in [5.74, 6) is 0.112. The van der Waals surface area contributed by atoms with Crippen molar-refractivity contribution in [3.8, 4) is 0 Å². The van der Waals surface area contributed by atoms with E-state index in [1.807, 2.05) is 0 Å². The molecule has 0 bridgehead atoms. The first-order valence-corrected chi connectivity index (χ1v) is 8.15. The number of nitrogens with zero attached hydrogens (tertiary/aromatic N) is 3. The van der Waals surface area contributed by atoms with Crippen LogP contribution in [-0.2, 0) is 10.3 Å². The minimum absolute atomic E-state index is 0.198. The van der Waals surface area contributed by atoms with Crippen molar-refractivity contribution in [3.63, 3.8) is 0 Å². The molecule has 2 amide bonds. The highest BCUT2D eigenvalue weighted by Gasteiger charge is 2.41. The lowest BCUT2D eigenvalue weighted by atomic mass is 9.96. The van der Waals surface area contributed by atoms with Crippen LogP contribution in [0.4, 0.5) is 5.69 Å². The van der Waals surface area contributed by atoms with E-state index in [1.54, 1.807) is 31.3 Å². The molecular weight excluding hydrogens is 320 g/mol. The average molecular weight is 340 g/mol. The van der Waals surface area contributed by atoms with Gasteiger partial charge in [-0.15, -0.1) is 0 Å². The van der Waals surface area contributed by atoms with Gasteiger partial charge in [0.2, 0.25) is 12.3 Å². The molecule has 1 saturated carbocycles. The number of anilines is 1. The molecule has 3 rings (SSSR count). The van der Waals surface area contributed by atoms with Gasteiger partial charge in [0.1, 0.15) is 5.54 Å². The van der Waals surface area contributed by atoms with E-state index in [9.17, 15) is 9.59 Å². The van der Waals surface area contributed by atoms with Crippen molar-refractivity contribution in [2.45, 2.75) is 31.2 Å². The molecule has 1 heterocycles. The predicted molar refractivity (Wildman–Crippen MR) is 92.0 cm³/mol. The van der Waals surface area contributed by atoms with Crippen molar-refractivity contribution in [2.24, 2.45) is 0 Å². The van der Waals surface area contributed by atoms with Crippen LogP contribution in [0.3, 0.4) is 0 Å². The molecule has 0 aliphatic heterocycles. The number of likely N-dealkylation sites (N-methyl/N-ethyl adjacent to an activating group) is 1. The lowest BCUT2D eigenvalue weighted by molar-refractivity contribution is -0.113. The van der Waals surface area contributed by atoms with Crippen molar-refractivity contribution in [1.82, 2.24) is 15.5 Å². The van der Waals surface area contributed by atoms with E-state index in [-0.39, 0.29) is 11.8 Å². The van der Waals surface area contributed by atoms with Gasteiger partial charge in [-0.2, -0.15) is 4.98 Å². The van der Waals surface area contributed by atoms with Gasteiger partial charge in [-0.1, -0.05) is 24.6 Å². The minimum Gasteiger partial charge on any atom is -0.343 e. The third kappa shape index (κ3) is 3.31. The molecule has 1 N–H and O–H groups in total. The van der Waals surface area contributed by atoms with Crippen LogP contribution in [0.15, 0.2) is 47.8 Å². The topological polar surface area (TPSA) is 88.3 Å². The fourth-order valence-corrected chi connectivity index (χ4v) is 3.15. The summed E-state index contributed by atoms with van der Waals surface area (Å²) in [5, 5.41) is 7.00. The van der Waals surface area contributed by atoms with Gasteiger partial charge >= 0.3 is 0 Å². The Hall–Kier alpha value is -2.96. The third-order valence-corrected chi connectivity index (χ3v) is 4.62. The van der Waals surface area contributed by atoms with Crippen LogP contribution in [0, 0.1) is 0 Å². The largest absolute Gasteiger partial charge is 0.343 e. The van der Waals surface area contributed by atoms with E-state index in [0.29, 0.717) is 17.1 Å². The Kier molecular flexibility index (Phi) is 4.65. The molecule has 1 aliphatic rings. The zero-order chi connectivity index (χ0) is 17.9. The summed E-state index contributed by atoms with van der Waals surface area (Å²) in [6.07, 6.45) is 6.10. The zero-order valence-electron chi connectivity index (χ0n) is 14.1. The lowest BCUT2D eigenvalue weighted by Crippen LogP contribution is -2.44. The molecule has 1 aromatic carbocycles. The van der Waals surface area contributed by atoms with Gasteiger partial charge in [0.15, 0.2) is 5.82 Å². The minimum atomic E-state index is -0.571. The predicted octanol–water partition coefficient (Wildman–Crippen LogP) is 2.42. The molecule has 1 aliphatic carbocycles. The summed E-state index contributed by atoms with van der Waals surface area (Å²) in [6.45, 7) is 3.47. The Morgan fingerprint density at radius 3 is 2.52 bits per heavy atom. The monoisotopic (exact) mass is 340 g/mol. The van der Waals surface area contributed by atoms with Crippen molar-refractivity contribution in [1.29, 1.82) is 0 Å². The Balaban J connectivity index is 1.77. The smallest absolute Gasteiger partial charge is 0.252 e. The Morgan fingerprint density at radius 2 is 1.96 bits per heavy atom. The van der Waals surface area contributed by atoms with Crippen LogP contribution in [0.1, 0.15) is 41.9 Å². The van der Waals surface area contributed by atoms with Crippen LogP contribution >= 0.6 is 0 Å². The van der Waals surface area contributed by atoms with Gasteiger partial charge in [0.05, 0.1) is 0 Å². The summed E-state index contributed by atoms with van der Waals surface area (Å²) >= 11 is 0. The van der Waals surface area contributed by atoms with E-state index < -0.39 is 5.54 Å².